The van der Waals surface area contributed by atoms with E-state index in [1.807, 2.05) is 0 Å². The lowest BCUT2D eigenvalue weighted by molar-refractivity contribution is 0.0252. The lowest BCUT2D eigenvalue weighted by Gasteiger charge is -2.14. The monoisotopic (exact) mass is 232 g/mol. The summed E-state index contributed by atoms with van der Waals surface area (Å²) in [6, 6.07) is 1.55. The average Bonchev–Trinajstić information content (AvgIpc) is 2.28. The number of hydrogen-bond donors (Lipinski definition) is 2. The summed E-state index contributed by atoms with van der Waals surface area (Å²) in [4.78, 5) is 7.66. The van der Waals surface area contributed by atoms with Crippen LogP contribution in [0.25, 0.3) is 0 Å². The third kappa shape index (κ3) is 3.93. The Bertz CT molecular complexity index is 335. The first-order valence-corrected chi connectivity index (χ1v) is 4.85. The van der Waals surface area contributed by atoms with E-state index in [1.54, 1.807) is 13.0 Å². The van der Waals surface area contributed by atoms with Crippen LogP contribution in [0.1, 0.15) is 6.92 Å². The maximum absolute atomic E-state index is 12.8. The number of halogens is 2. The molecule has 0 fully saturated rings. The van der Waals surface area contributed by atoms with Crippen LogP contribution in [0.2, 0.25) is 0 Å². The van der Waals surface area contributed by atoms with Crippen molar-refractivity contribution in [1.29, 1.82) is 0 Å². The molecule has 0 unspecified atom stereocenters. The van der Waals surface area contributed by atoms with E-state index >= 15 is 0 Å². The SMILES string of the molecule is CCOc1ccnc(NCC(F)(F)CN)n1. The van der Waals surface area contributed by atoms with Gasteiger partial charge < -0.3 is 15.8 Å². The number of anilines is 1. The summed E-state index contributed by atoms with van der Waals surface area (Å²) in [5, 5.41) is 2.40. The summed E-state index contributed by atoms with van der Waals surface area (Å²) < 4.78 is 30.7. The van der Waals surface area contributed by atoms with Crippen molar-refractivity contribution in [3.05, 3.63) is 12.3 Å². The van der Waals surface area contributed by atoms with Gasteiger partial charge in [0.15, 0.2) is 0 Å². The second-order valence-electron chi connectivity index (χ2n) is 3.07. The molecule has 1 aromatic heterocycles. The van der Waals surface area contributed by atoms with Gasteiger partial charge in [-0.25, -0.2) is 13.8 Å². The highest BCUT2D eigenvalue weighted by molar-refractivity contribution is 5.27. The normalized spacial score (nSPS) is 11.2. The molecular formula is C9H14F2N4O. The zero-order valence-corrected chi connectivity index (χ0v) is 8.91. The van der Waals surface area contributed by atoms with E-state index in [4.69, 9.17) is 10.5 Å². The molecule has 7 heteroatoms. The van der Waals surface area contributed by atoms with Gasteiger partial charge in [0.1, 0.15) is 0 Å². The number of aromatic nitrogens is 2. The third-order valence-corrected chi connectivity index (χ3v) is 1.73. The van der Waals surface area contributed by atoms with Crippen molar-refractivity contribution >= 4 is 5.95 Å². The number of hydrogen-bond acceptors (Lipinski definition) is 5. The molecule has 3 N–H and O–H groups in total. The number of ether oxygens (including phenoxy) is 1. The molecule has 0 aliphatic rings. The van der Waals surface area contributed by atoms with Gasteiger partial charge in [-0.1, -0.05) is 0 Å². The predicted octanol–water partition coefficient (Wildman–Crippen LogP) is 0.881. The Balaban J connectivity index is 2.57. The van der Waals surface area contributed by atoms with Crippen LogP contribution in [-0.2, 0) is 0 Å². The minimum atomic E-state index is -2.97. The Labute approximate surface area is 92.0 Å². The van der Waals surface area contributed by atoms with Gasteiger partial charge in [-0.2, -0.15) is 4.98 Å². The quantitative estimate of drug-likeness (QED) is 0.761. The predicted molar refractivity (Wildman–Crippen MR) is 55.7 cm³/mol. The molecule has 0 bridgehead atoms. The standard InChI is InChI=1S/C9H14F2N4O/c1-2-16-7-3-4-13-8(15-7)14-6-9(10,11)5-12/h3-4H,2,5-6,12H2,1H3,(H,13,14,15). The first-order valence-electron chi connectivity index (χ1n) is 4.85. The fourth-order valence-electron chi connectivity index (χ4n) is 0.936. The highest BCUT2D eigenvalue weighted by atomic mass is 19.3. The number of nitrogens with zero attached hydrogens (tertiary/aromatic N) is 2. The average molecular weight is 232 g/mol. The highest BCUT2D eigenvalue weighted by Gasteiger charge is 2.26. The van der Waals surface area contributed by atoms with Crippen molar-refractivity contribution in [3.63, 3.8) is 0 Å². The molecule has 1 heterocycles. The van der Waals surface area contributed by atoms with Crippen LogP contribution in [0, 0.1) is 0 Å². The zero-order chi connectivity index (χ0) is 12.0. The molecule has 1 aromatic rings. The summed E-state index contributed by atoms with van der Waals surface area (Å²) in [6.07, 6.45) is 1.43. The summed E-state index contributed by atoms with van der Waals surface area (Å²) in [5.74, 6) is -2.53. The lowest BCUT2D eigenvalue weighted by Crippen LogP contribution is -2.35. The Hall–Kier alpha value is -1.50. The van der Waals surface area contributed by atoms with Gasteiger partial charge in [-0.15, -0.1) is 0 Å². The molecule has 0 aromatic carbocycles. The van der Waals surface area contributed by atoms with E-state index in [9.17, 15) is 8.78 Å². The van der Waals surface area contributed by atoms with E-state index < -0.39 is 19.0 Å². The maximum Gasteiger partial charge on any atom is 0.277 e. The number of nitrogens with one attached hydrogen (secondary N) is 1. The molecule has 0 radical (unpaired) electrons. The van der Waals surface area contributed by atoms with Gasteiger partial charge in [0.05, 0.1) is 19.7 Å². The van der Waals surface area contributed by atoms with Crippen molar-refractivity contribution in [2.24, 2.45) is 5.73 Å². The topological polar surface area (TPSA) is 73.1 Å². The molecule has 0 atom stereocenters. The van der Waals surface area contributed by atoms with Gasteiger partial charge in [-0.3, -0.25) is 0 Å². The lowest BCUT2D eigenvalue weighted by atomic mass is 10.3. The Morgan fingerprint density at radius 2 is 2.31 bits per heavy atom. The molecular weight excluding hydrogens is 218 g/mol. The Morgan fingerprint density at radius 1 is 1.56 bits per heavy atom. The van der Waals surface area contributed by atoms with Crippen molar-refractivity contribution in [2.45, 2.75) is 12.8 Å². The van der Waals surface area contributed by atoms with Crippen LogP contribution < -0.4 is 15.8 Å². The highest BCUT2D eigenvalue weighted by Crippen LogP contribution is 2.13. The second-order valence-corrected chi connectivity index (χ2v) is 3.07. The van der Waals surface area contributed by atoms with Crippen LogP contribution >= 0.6 is 0 Å². The van der Waals surface area contributed by atoms with Crippen molar-refractivity contribution in [1.82, 2.24) is 9.97 Å². The Morgan fingerprint density at radius 3 is 2.94 bits per heavy atom. The molecule has 90 valence electrons. The number of nitrogens with two attached hydrogens (primary N) is 1. The molecule has 0 aliphatic heterocycles. The molecule has 0 spiro atoms. The van der Waals surface area contributed by atoms with E-state index in [2.05, 4.69) is 15.3 Å². The van der Waals surface area contributed by atoms with E-state index in [1.165, 1.54) is 6.20 Å². The van der Waals surface area contributed by atoms with Gasteiger partial charge in [0.2, 0.25) is 11.8 Å². The summed E-state index contributed by atoms with van der Waals surface area (Å²) >= 11 is 0. The van der Waals surface area contributed by atoms with Gasteiger partial charge in [-0.05, 0) is 6.92 Å². The van der Waals surface area contributed by atoms with Crippen LogP contribution in [0.15, 0.2) is 12.3 Å². The fraction of sp³-hybridized carbons (Fsp3) is 0.556. The fourth-order valence-corrected chi connectivity index (χ4v) is 0.936. The Kier molecular flexibility index (Phi) is 4.36. The molecule has 5 nitrogen and oxygen atoms in total. The van der Waals surface area contributed by atoms with Crippen LogP contribution in [0.4, 0.5) is 14.7 Å². The largest absolute Gasteiger partial charge is 0.478 e. The van der Waals surface area contributed by atoms with Crippen molar-refractivity contribution in [2.75, 3.05) is 25.0 Å². The van der Waals surface area contributed by atoms with E-state index in [0.29, 0.717) is 12.5 Å². The zero-order valence-electron chi connectivity index (χ0n) is 8.91. The van der Waals surface area contributed by atoms with Crippen molar-refractivity contribution < 1.29 is 13.5 Å². The molecule has 0 amide bonds. The summed E-state index contributed by atoms with van der Waals surface area (Å²) in [5.41, 5.74) is 4.89. The molecule has 16 heavy (non-hydrogen) atoms. The second kappa shape index (κ2) is 5.55. The summed E-state index contributed by atoms with van der Waals surface area (Å²) in [7, 11) is 0. The first-order chi connectivity index (χ1) is 7.57. The smallest absolute Gasteiger partial charge is 0.277 e. The van der Waals surface area contributed by atoms with Crippen LogP contribution in [0.5, 0.6) is 5.88 Å². The molecule has 0 aliphatic carbocycles. The molecule has 0 saturated carbocycles. The first kappa shape index (κ1) is 12.6. The molecule has 1 rings (SSSR count). The van der Waals surface area contributed by atoms with Crippen LogP contribution in [0.3, 0.4) is 0 Å². The van der Waals surface area contributed by atoms with Gasteiger partial charge in [0.25, 0.3) is 5.92 Å². The van der Waals surface area contributed by atoms with Crippen LogP contribution in [-0.4, -0.2) is 35.6 Å². The maximum atomic E-state index is 12.8. The minimum Gasteiger partial charge on any atom is -0.478 e. The number of alkyl halides is 2. The summed E-state index contributed by atoms with van der Waals surface area (Å²) in [6.45, 7) is 0.942. The van der Waals surface area contributed by atoms with E-state index in [0.717, 1.165) is 0 Å². The molecule has 0 saturated heterocycles. The van der Waals surface area contributed by atoms with Gasteiger partial charge in [0, 0.05) is 12.3 Å². The van der Waals surface area contributed by atoms with Crippen molar-refractivity contribution in [3.8, 4) is 5.88 Å². The minimum absolute atomic E-state index is 0.0964. The number of rotatable bonds is 6. The van der Waals surface area contributed by atoms with E-state index in [-0.39, 0.29) is 5.95 Å². The van der Waals surface area contributed by atoms with Gasteiger partial charge >= 0.3 is 0 Å². The third-order valence-electron chi connectivity index (χ3n) is 1.73.